The highest BCUT2D eigenvalue weighted by Crippen LogP contribution is 2.28. The molecule has 168 valence electrons. The quantitative estimate of drug-likeness (QED) is 0.342. The molecular weight excluding hydrogens is 438 g/mol. The molecule has 9 nitrogen and oxygen atoms in total. The van der Waals surface area contributed by atoms with Crippen LogP contribution in [0.4, 0.5) is 0 Å². The van der Waals surface area contributed by atoms with Crippen LogP contribution in [0.1, 0.15) is 19.7 Å². The first-order chi connectivity index (χ1) is 16.2. The Morgan fingerprint density at radius 3 is 2.39 bits per heavy atom. The van der Waals surface area contributed by atoms with Crippen LogP contribution in [-0.4, -0.2) is 41.0 Å². The summed E-state index contributed by atoms with van der Waals surface area (Å²) >= 11 is 1.55. The zero-order valence-electron chi connectivity index (χ0n) is 18.6. The van der Waals surface area contributed by atoms with E-state index in [-0.39, 0.29) is 5.56 Å². The van der Waals surface area contributed by atoms with Crippen molar-refractivity contribution in [3.8, 4) is 17.1 Å². The molecule has 5 rings (SSSR count). The predicted molar refractivity (Wildman–Crippen MR) is 128 cm³/mol. The molecule has 0 aliphatic heterocycles. The van der Waals surface area contributed by atoms with Gasteiger partial charge in [0.05, 0.1) is 23.8 Å². The van der Waals surface area contributed by atoms with Gasteiger partial charge < -0.3 is 9.30 Å². The summed E-state index contributed by atoms with van der Waals surface area (Å²) in [5.41, 5.74) is 1.73. The minimum atomic E-state index is -0.0536. The number of ether oxygens (including phenoxy) is 1. The third kappa shape index (κ3) is 3.56. The van der Waals surface area contributed by atoms with Crippen LogP contribution in [0.5, 0.6) is 5.75 Å². The minimum absolute atomic E-state index is 0.0536. The van der Waals surface area contributed by atoms with Crippen molar-refractivity contribution in [1.82, 2.24) is 33.9 Å². The number of hydrogen-bond donors (Lipinski definition) is 0. The maximum atomic E-state index is 12.9. The number of aromatic nitrogens is 7. The Hall–Kier alpha value is -3.66. The van der Waals surface area contributed by atoms with E-state index in [0.29, 0.717) is 23.5 Å². The molecule has 3 heterocycles. The van der Waals surface area contributed by atoms with Gasteiger partial charge >= 0.3 is 0 Å². The first-order valence-electron chi connectivity index (χ1n) is 10.7. The van der Waals surface area contributed by atoms with Crippen LogP contribution in [0.15, 0.2) is 58.5 Å². The van der Waals surface area contributed by atoms with Gasteiger partial charge in [0.1, 0.15) is 11.6 Å². The zero-order chi connectivity index (χ0) is 22.9. The SMILES string of the molecule is CCn1c(SCc2nnc3n(CC)c(=O)c4ccccc4n23)nnc1-c1ccc(OC)cc1. The lowest BCUT2D eigenvalue weighted by atomic mass is 10.2. The zero-order valence-corrected chi connectivity index (χ0v) is 19.4. The average molecular weight is 462 g/mol. The molecule has 0 amide bonds. The van der Waals surface area contributed by atoms with E-state index >= 15 is 0 Å². The summed E-state index contributed by atoms with van der Waals surface area (Å²) in [6.45, 7) is 5.26. The number of nitrogens with zero attached hydrogens (tertiary/aromatic N) is 7. The summed E-state index contributed by atoms with van der Waals surface area (Å²) < 4.78 is 10.9. The maximum absolute atomic E-state index is 12.9. The Morgan fingerprint density at radius 1 is 0.909 bits per heavy atom. The molecule has 3 aromatic heterocycles. The lowest BCUT2D eigenvalue weighted by molar-refractivity contribution is 0.415. The Labute approximate surface area is 194 Å². The van der Waals surface area contributed by atoms with Crippen molar-refractivity contribution in [2.45, 2.75) is 37.8 Å². The van der Waals surface area contributed by atoms with E-state index < -0.39 is 0 Å². The predicted octanol–water partition coefficient (Wildman–Crippen LogP) is 3.64. The van der Waals surface area contributed by atoms with Crippen LogP contribution in [-0.2, 0) is 18.8 Å². The Kier molecular flexibility index (Phi) is 5.59. The van der Waals surface area contributed by atoms with Gasteiger partial charge in [-0.1, -0.05) is 23.9 Å². The van der Waals surface area contributed by atoms with E-state index in [1.165, 1.54) is 0 Å². The van der Waals surface area contributed by atoms with Gasteiger partial charge in [0.25, 0.3) is 5.56 Å². The fourth-order valence-electron chi connectivity index (χ4n) is 3.96. The second-order valence-corrected chi connectivity index (χ2v) is 8.33. The van der Waals surface area contributed by atoms with Crippen molar-refractivity contribution >= 4 is 28.4 Å². The molecule has 0 saturated heterocycles. The standard InChI is InChI=1S/C23H23N7O2S/c1-4-28-20(15-10-12-16(32-3)13-11-15)25-27-23(28)33-14-19-24-26-22-29(5-2)21(31)17-8-6-7-9-18(17)30(19)22/h6-13H,4-5,14H2,1-3H3. The number of thioether (sulfide) groups is 1. The highest BCUT2D eigenvalue weighted by molar-refractivity contribution is 7.98. The van der Waals surface area contributed by atoms with Crippen LogP contribution in [0.25, 0.3) is 28.1 Å². The maximum Gasteiger partial charge on any atom is 0.262 e. The third-order valence-electron chi connectivity index (χ3n) is 5.60. The van der Waals surface area contributed by atoms with Crippen molar-refractivity contribution in [3.63, 3.8) is 0 Å². The minimum Gasteiger partial charge on any atom is -0.497 e. The van der Waals surface area contributed by atoms with Gasteiger partial charge in [-0.2, -0.15) is 0 Å². The molecular formula is C23H23N7O2S. The summed E-state index contributed by atoms with van der Waals surface area (Å²) in [7, 11) is 1.65. The largest absolute Gasteiger partial charge is 0.497 e. The van der Waals surface area contributed by atoms with E-state index in [1.54, 1.807) is 23.4 Å². The molecule has 5 aromatic rings. The van der Waals surface area contributed by atoms with Crippen molar-refractivity contribution < 1.29 is 4.74 Å². The molecule has 0 atom stereocenters. The molecule has 33 heavy (non-hydrogen) atoms. The summed E-state index contributed by atoms with van der Waals surface area (Å²) in [6, 6.07) is 15.3. The molecule has 10 heteroatoms. The molecule has 0 saturated carbocycles. The number of methoxy groups -OCH3 is 1. The second-order valence-electron chi connectivity index (χ2n) is 7.39. The number of aryl methyl sites for hydroxylation is 1. The molecule has 0 aliphatic carbocycles. The van der Waals surface area contributed by atoms with Gasteiger partial charge in [-0.3, -0.25) is 13.8 Å². The van der Waals surface area contributed by atoms with Gasteiger partial charge in [0, 0.05) is 18.7 Å². The van der Waals surface area contributed by atoms with Crippen LogP contribution in [0.2, 0.25) is 0 Å². The monoisotopic (exact) mass is 461 g/mol. The Morgan fingerprint density at radius 2 is 1.67 bits per heavy atom. The Bertz CT molecular complexity index is 1500. The van der Waals surface area contributed by atoms with Crippen molar-refractivity contribution in [2.24, 2.45) is 0 Å². The number of fused-ring (bicyclic) bond motifs is 3. The lowest BCUT2D eigenvalue weighted by Gasteiger charge is -2.10. The molecule has 0 fully saturated rings. The van der Waals surface area contributed by atoms with Crippen molar-refractivity contribution in [2.75, 3.05) is 7.11 Å². The molecule has 0 unspecified atom stereocenters. The van der Waals surface area contributed by atoms with Crippen molar-refractivity contribution in [1.29, 1.82) is 0 Å². The molecule has 2 aromatic carbocycles. The van der Waals surface area contributed by atoms with Gasteiger partial charge in [-0.15, -0.1) is 20.4 Å². The molecule has 0 bridgehead atoms. The fraction of sp³-hybridized carbons (Fsp3) is 0.261. The summed E-state index contributed by atoms with van der Waals surface area (Å²) in [5.74, 6) is 3.44. The number of benzene rings is 2. The normalized spacial score (nSPS) is 11.5. The van der Waals surface area contributed by atoms with Crippen LogP contribution in [0, 0.1) is 0 Å². The average Bonchev–Trinajstić information content (AvgIpc) is 3.47. The van der Waals surface area contributed by atoms with Gasteiger partial charge in [0.15, 0.2) is 11.0 Å². The highest BCUT2D eigenvalue weighted by Gasteiger charge is 2.18. The molecule has 0 aliphatic rings. The first-order valence-corrected chi connectivity index (χ1v) is 11.7. The number of rotatable bonds is 7. The van der Waals surface area contributed by atoms with E-state index in [1.807, 2.05) is 59.9 Å². The smallest absolute Gasteiger partial charge is 0.262 e. The van der Waals surface area contributed by atoms with E-state index in [2.05, 4.69) is 31.9 Å². The summed E-state index contributed by atoms with van der Waals surface area (Å²) in [5, 5.41) is 19.0. The van der Waals surface area contributed by atoms with Crippen molar-refractivity contribution in [3.05, 3.63) is 64.7 Å². The molecule has 0 spiro atoms. The first kappa shape index (κ1) is 21.2. The topological polar surface area (TPSA) is 92.1 Å². The van der Waals surface area contributed by atoms with E-state index in [4.69, 9.17) is 4.74 Å². The van der Waals surface area contributed by atoms with Crippen LogP contribution in [0.3, 0.4) is 0 Å². The van der Waals surface area contributed by atoms with E-state index in [0.717, 1.165) is 40.2 Å². The second kappa shape index (κ2) is 8.70. The van der Waals surface area contributed by atoms with Gasteiger partial charge in [0.2, 0.25) is 5.78 Å². The van der Waals surface area contributed by atoms with Gasteiger partial charge in [-0.25, -0.2) is 0 Å². The third-order valence-corrected chi connectivity index (χ3v) is 6.57. The molecule has 0 N–H and O–H groups in total. The van der Waals surface area contributed by atoms with Crippen LogP contribution < -0.4 is 10.3 Å². The summed E-state index contributed by atoms with van der Waals surface area (Å²) in [4.78, 5) is 12.9. The van der Waals surface area contributed by atoms with E-state index in [9.17, 15) is 4.79 Å². The number of para-hydroxylation sites is 1. The fourth-order valence-corrected chi connectivity index (χ4v) is 4.87. The Balaban J connectivity index is 1.51. The highest BCUT2D eigenvalue weighted by atomic mass is 32.2. The number of hydrogen-bond acceptors (Lipinski definition) is 7. The molecule has 0 radical (unpaired) electrons. The lowest BCUT2D eigenvalue weighted by Crippen LogP contribution is -2.22. The van der Waals surface area contributed by atoms with Gasteiger partial charge in [-0.05, 0) is 50.2 Å². The van der Waals surface area contributed by atoms with Crippen LogP contribution >= 0.6 is 11.8 Å². The summed E-state index contributed by atoms with van der Waals surface area (Å²) in [6.07, 6.45) is 0.